The van der Waals surface area contributed by atoms with Crippen LogP contribution in [0.5, 0.6) is 0 Å². The van der Waals surface area contributed by atoms with Gasteiger partial charge in [-0.05, 0) is 31.4 Å². The number of rotatable bonds is 3. The van der Waals surface area contributed by atoms with E-state index < -0.39 is 5.67 Å². The number of aliphatic hydroxyl groups is 1. The topological polar surface area (TPSA) is 20.2 Å². The Balaban J connectivity index is 2.92. The van der Waals surface area contributed by atoms with Gasteiger partial charge in [0.2, 0.25) is 0 Å². The highest BCUT2D eigenvalue weighted by Gasteiger charge is 2.18. The molecule has 72 valence electrons. The second-order valence-corrected chi connectivity index (χ2v) is 3.65. The van der Waals surface area contributed by atoms with Crippen molar-refractivity contribution in [1.29, 1.82) is 0 Å². The van der Waals surface area contributed by atoms with E-state index in [0.717, 1.165) is 5.56 Å². The van der Waals surface area contributed by atoms with Gasteiger partial charge in [0.1, 0.15) is 5.67 Å². The second kappa shape index (κ2) is 3.88. The largest absolute Gasteiger partial charge is 0.396 e. The van der Waals surface area contributed by atoms with Crippen LogP contribution in [0.15, 0.2) is 24.3 Å². The first kappa shape index (κ1) is 10.2. The molecule has 0 heterocycles. The lowest BCUT2D eigenvalue weighted by Gasteiger charge is -2.15. The van der Waals surface area contributed by atoms with E-state index >= 15 is 0 Å². The van der Waals surface area contributed by atoms with Gasteiger partial charge in [-0.15, -0.1) is 0 Å². The molecule has 0 saturated heterocycles. The van der Waals surface area contributed by atoms with Crippen molar-refractivity contribution in [2.24, 2.45) is 0 Å². The number of alkyl halides is 1. The van der Waals surface area contributed by atoms with Crippen molar-refractivity contribution in [3.8, 4) is 0 Å². The van der Waals surface area contributed by atoms with E-state index in [4.69, 9.17) is 5.11 Å². The number of benzene rings is 1. The van der Waals surface area contributed by atoms with Gasteiger partial charge < -0.3 is 5.11 Å². The molecule has 1 aromatic carbocycles. The van der Waals surface area contributed by atoms with Crippen LogP contribution >= 0.6 is 0 Å². The van der Waals surface area contributed by atoms with Crippen LogP contribution in [0, 0.1) is 0 Å². The summed E-state index contributed by atoms with van der Waals surface area (Å²) >= 11 is 0. The van der Waals surface area contributed by atoms with Gasteiger partial charge in [0.25, 0.3) is 0 Å². The maximum absolute atomic E-state index is 13.5. The Morgan fingerprint density at radius 1 is 1.38 bits per heavy atom. The van der Waals surface area contributed by atoms with Crippen molar-refractivity contribution in [3.05, 3.63) is 35.4 Å². The summed E-state index contributed by atoms with van der Waals surface area (Å²) in [6, 6.07) is 7.28. The third-order valence-corrected chi connectivity index (χ3v) is 2.01. The number of halogens is 1. The maximum Gasteiger partial charge on any atom is 0.130 e. The van der Waals surface area contributed by atoms with E-state index in [1.54, 1.807) is 12.1 Å². The lowest BCUT2D eigenvalue weighted by molar-refractivity contribution is 0.221. The third kappa shape index (κ3) is 2.81. The average molecular weight is 182 g/mol. The molecular formula is C11H15FO. The molecule has 1 rings (SSSR count). The van der Waals surface area contributed by atoms with Gasteiger partial charge in [-0.3, -0.25) is 0 Å². The molecular weight excluding hydrogens is 167 g/mol. The fraction of sp³-hybridized carbons (Fsp3) is 0.455. The Morgan fingerprint density at radius 2 is 2.08 bits per heavy atom. The number of hydrogen-bond acceptors (Lipinski definition) is 1. The highest BCUT2D eigenvalue weighted by atomic mass is 19.1. The molecule has 1 N–H and O–H groups in total. The first-order chi connectivity index (χ1) is 6.04. The Bertz CT molecular complexity index is 276. The zero-order valence-corrected chi connectivity index (χ0v) is 8.05. The van der Waals surface area contributed by atoms with Crippen molar-refractivity contribution < 1.29 is 9.50 Å². The minimum absolute atomic E-state index is 0.107. The molecule has 0 atom stereocenters. The lowest BCUT2D eigenvalue weighted by atomic mass is 9.97. The van der Waals surface area contributed by atoms with Crippen LogP contribution in [0.3, 0.4) is 0 Å². The standard InChI is InChI=1S/C11H15FO/c1-11(2,12)10-5-3-4-9(8-10)6-7-13/h3-5,8,13H,6-7H2,1-2H3. The molecule has 2 heteroatoms. The Kier molecular flexibility index (Phi) is 3.04. The highest BCUT2D eigenvalue weighted by Crippen LogP contribution is 2.24. The molecule has 0 aromatic heterocycles. The van der Waals surface area contributed by atoms with E-state index in [0.29, 0.717) is 12.0 Å². The summed E-state index contributed by atoms with van der Waals surface area (Å²) in [5.41, 5.74) is 0.343. The van der Waals surface area contributed by atoms with Gasteiger partial charge in [0.15, 0.2) is 0 Å². The number of aliphatic hydroxyl groups excluding tert-OH is 1. The van der Waals surface area contributed by atoms with E-state index in [1.165, 1.54) is 13.8 Å². The monoisotopic (exact) mass is 182 g/mol. The summed E-state index contributed by atoms with van der Waals surface area (Å²) in [6.07, 6.45) is 0.587. The molecule has 13 heavy (non-hydrogen) atoms. The smallest absolute Gasteiger partial charge is 0.130 e. The predicted octanol–water partition coefficient (Wildman–Crippen LogP) is 2.43. The average Bonchev–Trinajstić information content (AvgIpc) is 2.04. The molecule has 1 nitrogen and oxygen atoms in total. The van der Waals surface area contributed by atoms with Crippen molar-refractivity contribution in [2.45, 2.75) is 25.9 Å². The Labute approximate surface area is 78.2 Å². The third-order valence-electron chi connectivity index (χ3n) is 2.01. The zero-order valence-electron chi connectivity index (χ0n) is 8.05. The molecule has 0 aliphatic rings. The lowest BCUT2D eigenvalue weighted by Crippen LogP contribution is -2.09. The Hall–Kier alpha value is -0.890. The van der Waals surface area contributed by atoms with Crippen LogP contribution in [0.1, 0.15) is 25.0 Å². The van der Waals surface area contributed by atoms with Gasteiger partial charge in [-0.25, -0.2) is 4.39 Å². The van der Waals surface area contributed by atoms with Crippen LogP contribution in [-0.4, -0.2) is 11.7 Å². The Morgan fingerprint density at radius 3 is 2.62 bits per heavy atom. The minimum atomic E-state index is -1.30. The molecule has 0 fully saturated rings. The first-order valence-corrected chi connectivity index (χ1v) is 4.43. The summed E-state index contributed by atoms with van der Waals surface area (Å²) in [6.45, 7) is 3.17. The molecule has 0 radical (unpaired) electrons. The van der Waals surface area contributed by atoms with E-state index in [1.807, 2.05) is 12.1 Å². The molecule has 1 aromatic rings. The van der Waals surface area contributed by atoms with Gasteiger partial charge in [0, 0.05) is 6.61 Å². The van der Waals surface area contributed by atoms with Crippen molar-refractivity contribution in [2.75, 3.05) is 6.61 Å². The summed E-state index contributed by atoms with van der Waals surface area (Å²) in [5.74, 6) is 0. The van der Waals surface area contributed by atoms with Gasteiger partial charge in [-0.1, -0.05) is 24.3 Å². The maximum atomic E-state index is 13.5. The predicted molar refractivity (Wildman–Crippen MR) is 51.4 cm³/mol. The minimum Gasteiger partial charge on any atom is -0.396 e. The second-order valence-electron chi connectivity index (χ2n) is 3.65. The van der Waals surface area contributed by atoms with Crippen LogP contribution < -0.4 is 0 Å². The fourth-order valence-corrected chi connectivity index (χ4v) is 1.23. The van der Waals surface area contributed by atoms with Crippen molar-refractivity contribution >= 4 is 0 Å². The quantitative estimate of drug-likeness (QED) is 0.761. The van der Waals surface area contributed by atoms with Gasteiger partial charge in [0.05, 0.1) is 0 Å². The van der Waals surface area contributed by atoms with Crippen molar-refractivity contribution in [3.63, 3.8) is 0 Å². The van der Waals surface area contributed by atoms with Crippen LogP contribution in [0.4, 0.5) is 4.39 Å². The zero-order chi connectivity index (χ0) is 9.90. The molecule has 0 aliphatic heterocycles. The molecule has 0 amide bonds. The summed E-state index contributed by atoms with van der Waals surface area (Å²) < 4.78 is 13.5. The molecule has 0 unspecified atom stereocenters. The molecule has 0 bridgehead atoms. The van der Waals surface area contributed by atoms with Crippen LogP contribution in [-0.2, 0) is 12.1 Å². The molecule has 0 spiro atoms. The first-order valence-electron chi connectivity index (χ1n) is 4.43. The molecule has 0 aliphatic carbocycles. The van der Waals surface area contributed by atoms with Crippen LogP contribution in [0.25, 0.3) is 0 Å². The number of hydrogen-bond donors (Lipinski definition) is 1. The summed E-state index contributed by atoms with van der Waals surface area (Å²) in [4.78, 5) is 0. The van der Waals surface area contributed by atoms with E-state index in [2.05, 4.69) is 0 Å². The van der Waals surface area contributed by atoms with E-state index in [-0.39, 0.29) is 6.61 Å². The molecule has 0 saturated carbocycles. The summed E-state index contributed by atoms with van der Waals surface area (Å²) in [5, 5.41) is 8.72. The fourth-order valence-electron chi connectivity index (χ4n) is 1.23. The van der Waals surface area contributed by atoms with Crippen molar-refractivity contribution in [1.82, 2.24) is 0 Å². The highest BCUT2D eigenvalue weighted by molar-refractivity contribution is 5.27. The summed E-state index contributed by atoms with van der Waals surface area (Å²) in [7, 11) is 0. The van der Waals surface area contributed by atoms with Crippen LogP contribution in [0.2, 0.25) is 0 Å². The SMILES string of the molecule is CC(C)(F)c1cccc(CCO)c1. The van der Waals surface area contributed by atoms with E-state index in [9.17, 15) is 4.39 Å². The normalized spacial score (nSPS) is 11.7. The van der Waals surface area contributed by atoms with Gasteiger partial charge >= 0.3 is 0 Å². The van der Waals surface area contributed by atoms with Gasteiger partial charge in [-0.2, -0.15) is 0 Å².